The molecule has 3 nitrogen and oxygen atoms in total. The van der Waals surface area contributed by atoms with Gasteiger partial charge in [-0.15, -0.1) is 0 Å². The molecule has 0 radical (unpaired) electrons. The summed E-state index contributed by atoms with van der Waals surface area (Å²) in [6, 6.07) is 0. The summed E-state index contributed by atoms with van der Waals surface area (Å²) in [4.78, 5) is 2.29. The lowest BCUT2D eigenvalue weighted by molar-refractivity contribution is 0.342. The Bertz CT molecular complexity index is 62.0. The van der Waals surface area contributed by atoms with Crippen LogP contribution in [0.5, 0.6) is 0 Å². The lowest BCUT2D eigenvalue weighted by Crippen LogP contribution is -2.31. The molecule has 0 saturated heterocycles. The van der Waals surface area contributed by atoms with Crippen molar-refractivity contribution in [1.29, 1.82) is 0 Å². The molecule has 62 valence electrons. The molecule has 0 saturated carbocycles. The third kappa shape index (κ3) is 6.73. The highest BCUT2D eigenvalue weighted by atomic mass is 127. The molecule has 0 heterocycles. The Hall–Kier alpha value is 0.610. The number of nitrogens with zero attached hydrogens (tertiary/aromatic N) is 1. The SMILES string of the molecule is CNCCN(C)CCNI. The lowest BCUT2D eigenvalue weighted by atomic mass is 10.5. The van der Waals surface area contributed by atoms with Crippen LogP contribution in [0.1, 0.15) is 0 Å². The minimum Gasteiger partial charge on any atom is -0.318 e. The minimum absolute atomic E-state index is 1.06. The number of halogens is 1. The number of hydrogen-bond acceptors (Lipinski definition) is 3. The standard InChI is InChI=1S/C6H16IN3/c1-8-3-5-10(2)6-4-9-7/h8-9H,3-6H2,1-2H3. The van der Waals surface area contributed by atoms with Crippen molar-refractivity contribution in [2.45, 2.75) is 0 Å². The minimum atomic E-state index is 1.06. The summed E-state index contributed by atoms with van der Waals surface area (Å²) < 4.78 is 3.08. The first kappa shape index (κ1) is 10.6. The first-order chi connectivity index (χ1) is 4.81. The second-order valence-electron chi connectivity index (χ2n) is 2.29. The van der Waals surface area contributed by atoms with Crippen molar-refractivity contribution < 1.29 is 0 Å². The second kappa shape index (κ2) is 7.71. The maximum Gasteiger partial charge on any atom is 0.0178 e. The van der Waals surface area contributed by atoms with E-state index in [-0.39, 0.29) is 0 Å². The van der Waals surface area contributed by atoms with Crippen molar-refractivity contribution in [2.75, 3.05) is 40.3 Å². The zero-order chi connectivity index (χ0) is 7.82. The van der Waals surface area contributed by atoms with Gasteiger partial charge in [0.25, 0.3) is 0 Å². The van der Waals surface area contributed by atoms with Gasteiger partial charge >= 0.3 is 0 Å². The van der Waals surface area contributed by atoms with Gasteiger partial charge in [-0.1, -0.05) is 0 Å². The van der Waals surface area contributed by atoms with Gasteiger partial charge in [-0.2, -0.15) is 0 Å². The second-order valence-corrected chi connectivity index (χ2v) is 3.05. The largest absolute Gasteiger partial charge is 0.318 e. The monoisotopic (exact) mass is 257 g/mol. The van der Waals surface area contributed by atoms with Gasteiger partial charge in [-0.3, -0.25) is 3.53 Å². The maximum atomic E-state index is 3.11. The average molecular weight is 257 g/mol. The van der Waals surface area contributed by atoms with E-state index in [4.69, 9.17) is 0 Å². The molecule has 0 fully saturated rings. The molecule has 0 rings (SSSR count). The summed E-state index contributed by atoms with van der Waals surface area (Å²) >= 11 is 2.17. The third-order valence-electron chi connectivity index (χ3n) is 1.33. The van der Waals surface area contributed by atoms with E-state index in [1.165, 1.54) is 0 Å². The summed E-state index contributed by atoms with van der Waals surface area (Å²) in [7, 11) is 4.11. The average Bonchev–Trinajstić information content (AvgIpc) is 1.97. The summed E-state index contributed by atoms with van der Waals surface area (Å²) in [6.07, 6.45) is 0. The fourth-order valence-electron chi connectivity index (χ4n) is 0.648. The molecule has 0 aliphatic rings. The number of likely N-dealkylation sites (N-methyl/N-ethyl adjacent to an activating group) is 2. The first-order valence-corrected chi connectivity index (χ1v) is 4.55. The Labute approximate surface area is 77.0 Å². The van der Waals surface area contributed by atoms with Crippen LogP contribution >= 0.6 is 22.9 Å². The molecule has 0 aromatic rings. The van der Waals surface area contributed by atoms with Crippen LogP contribution in [0, 0.1) is 0 Å². The molecule has 0 atom stereocenters. The Kier molecular flexibility index (Phi) is 8.18. The van der Waals surface area contributed by atoms with Gasteiger partial charge < -0.3 is 10.2 Å². The van der Waals surface area contributed by atoms with E-state index in [0.717, 1.165) is 26.2 Å². The van der Waals surface area contributed by atoms with E-state index < -0.39 is 0 Å². The van der Waals surface area contributed by atoms with Gasteiger partial charge in [-0.25, -0.2) is 0 Å². The van der Waals surface area contributed by atoms with E-state index in [0.29, 0.717) is 0 Å². The Morgan fingerprint density at radius 1 is 1.30 bits per heavy atom. The van der Waals surface area contributed by atoms with Crippen molar-refractivity contribution in [2.24, 2.45) is 0 Å². The van der Waals surface area contributed by atoms with E-state index in [1.54, 1.807) is 0 Å². The predicted octanol–water partition coefficient (Wildman–Crippen LogP) is 0.0772. The molecule has 0 amide bonds. The van der Waals surface area contributed by atoms with Gasteiger partial charge in [0.05, 0.1) is 0 Å². The van der Waals surface area contributed by atoms with Crippen LogP contribution in [0.15, 0.2) is 0 Å². The van der Waals surface area contributed by atoms with Crippen LogP contribution in [0.4, 0.5) is 0 Å². The van der Waals surface area contributed by atoms with Crippen molar-refractivity contribution in [3.05, 3.63) is 0 Å². The zero-order valence-electron chi connectivity index (χ0n) is 6.65. The fraction of sp³-hybridized carbons (Fsp3) is 1.00. The highest BCUT2D eigenvalue weighted by molar-refractivity contribution is 14.1. The van der Waals surface area contributed by atoms with Crippen molar-refractivity contribution in [3.63, 3.8) is 0 Å². The smallest absolute Gasteiger partial charge is 0.0178 e. The number of nitrogens with one attached hydrogen (secondary N) is 2. The number of hydrogen-bond donors (Lipinski definition) is 2. The van der Waals surface area contributed by atoms with E-state index >= 15 is 0 Å². The van der Waals surface area contributed by atoms with Gasteiger partial charge in [-0.05, 0) is 14.1 Å². The van der Waals surface area contributed by atoms with Gasteiger partial charge in [0, 0.05) is 49.0 Å². The molecule has 0 unspecified atom stereocenters. The first-order valence-electron chi connectivity index (χ1n) is 3.48. The fourth-order valence-corrected chi connectivity index (χ4v) is 0.889. The lowest BCUT2D eigenvalue weighted by Gasteiger charge is -2.14. The molecule has 0 aliphatic heterocycles. The maximum absolute atomic E-state index is 3.11. The molecule has 10 heavy (non-hydrogen) atoms. The quantitative estimate of drug-likeness (QED) is 0.521. The van der Waals surface area contributed by atoms with Crippen LogP contribution in [-0.4, -0.2) is 45.2 Å². The molecule has 4 heteroatoms. The third-order valence-corrected chi connectivity index (χ3v) is 1.87. The summed E-state index contributed by atoms with van der Waals surface area (Å²) in [5, 5.41) is 3.11. The van der Waals surface area contributed by atoms with Crippen LogP contribution in [0.25, 0.3) is 0 Å². The van der Waals surface area contributed by atoms with Crippen molar-refractivity contribution >= 4 is 22.9 Å². The van der Waals surface area contributed by atoms with Gasteiger partial charge in [0.2, 0.25) is 0 Å². The highest BCUT2D eigenvalue weighted by Crippen LogP contribution is 1.79. The summed E-state index contributed by atoms with van der Waals surface area (Å²) in [5.74, 6) is 0. The highest BCUT2D eigenvalue weighted by Gasteiger charge is 1.93. The molecular weight excluding hydrogens is 241 g/mol. The molecule has 0 aliphatic carbocycles. The van der Waals surface area contributed by atoms with E-state index in [1.807, 2.05) is 7.05 Å². The van der Waals surface area contributed by atoms with Crippen molar-refractivity contribution in [1.82, 2.24) is 13.7 Å². The van der Waals surface area contributed by atoms with Gasteiger partial charge in [0.1, 0.15) is 0 Å². The predicted molar refractivity (Wildman–Crippen MR) is 53.4 cm³/mol. The Balaban J connectivity index is 3.00. The molecule has 0 bridgehead atoms. The van der Waals surface area contributed by atoms with Crippen LogP contribution in [0.3, 0.4) is 0 Å². The Morgan fingerprint density at radius 2 is 1.90 bits per heavy atom. The molecular formula is C6H16IN3. The van der Waals surface area contributed by atoms with Crippen LogP contribution < -0.4 is 8.85 Å². The van der Waals surface area contributed by atoms with Gasteiger partial charge in [0.15, 0.2) is 0 Å². The summed E-state index contributed by atoms with van der Waals surface area (Å²) in [6.45, 7) is 4.36. The Morgan fingerprint density at radius 3 is 2.40 bits per heavy atom. The van der Waals surface area contributed by atoms with Crippen molar-refractivity contribution in [3.8, 4) is 0 Å². The molecule has 2 N–H and O–H groups in total. The molecule has 0 aromatic carbocycles. The normalized spacial score (nSPS) is 10.8. The van der Waals surface area contributed by atoms with E-state index in [2.05, 4.69) is 43.7 Å². The molecule has 0 spiro atoms. The zero-order valence-corrected chi connectivity index (χ0v) is 8.81. The van der Waals surface area contributed by atoms with E-state index in [9.17, 15) is 0 Å². The molecule has 0 aromatic heterocycles. The van der Waals surface area contributed by atoms with Crippen LogP contribution in [-0.2, 0) is 0 Å². The number of rotatable bonds is 6. The summed E-state index contributed by atoms with van der Waals surface area (Å²) in [5.41, 5.74) is 0. The topological polar surface area (TPSA) is 27.3 Å². The van der Waals surface area contributed by atoms with Crippen LogP contribution in [0.2, 0.25) is 0 Å².